The Hall–Kier alpha value is -1.10. The molecule has 1 unspecified atom stereocenters. The fourth-order valence-electron chi connectivity index (χ4n) is 1.08. The zero-order valence-electron chi connectivity index (χ0n) is 9.57. The van der Waals surface area contributed by atoms with Crippen LogP contribution in [0.4, 0.5) is 0 Å². The van der Waals surface area contributed by atoms with E-state index in [2.05, 4.69) is 4.74 Å². The lowest BCUT2D eigenvalue weighted by Crippen LogP contribution is -2.29. The number of carbonyl (C=O) groups is 2. The lowest BCUT2D eigenvalue weighted by atomic mass is 9.95. The summed E-state index contributed by atoms with van der Waals surface area (Å²) >= 11 is 0. The molecule has 0 saturated carbocycles. The van der Waals surface area contributed by atoms with E-state index in [1.165, 1.54) is 7.11 Å². The number of carboxylic acids is 1. The summed E-state index contributed by atoms with van der Waals surface area (Å²) in [6.07, 6.45) is 0.693. The van der Waals surface area contributed by atoms with E-state index in [0.717, 1.165) is 0 Å². The minimum Gasteiger partial charge on any atom is -0.481 e. The minimum atomic E-state index is -1.16. The molecule has 0 aromatic heterocycles. The highest BCUT2D eigenvalue weighted by atomic mass is 16.5. The molecule has 0 aliphatic rings. The van der Waals surface area contributed by atoms with Crippen molar-refractivity contribution in [2.24, 2.45) is 5.92 Å². The molecule has 0 aromatic rings. The molecule has 0 aliphatic carbocycles. The second-order valence-corrected chi connectivity index (χ2v) is 3.92. The number of ether oxygens (including phenoxy) is 2. The normalized spacial score (nSPS) is 13.3. The average Bonchev–Trinajstić information content (AvgIpc) is 2.17. The molecule has 0 heterocycles. The van der Waals surface area contributed by atoms with Crippen molar-refractivity contribution < 1.29 is 24.2 Å². The molecule has 1 atom stereocenters. The summed E-state index contributed by atoms with van der Waals surface area (Å²) in [6.45, 7) is 3.67. The van der Waals surface area contributed by atoms with Crippen molar-refractivity contribution in [1.82, 2.24) is 0 Å². The van der Waals surface area contributed by atoms with E-state index >= 15 is 0 Å². The van der Waals surface area contributed by atoms with Gasteiger partial charge in [-0.1, -0.05) is 0 Å². The summed E-state index contributed by atoms with van der Waals surface area (Å²) in [4.78, 5) is 21.9. The third-order valence-electron chi connectivity index (χ3n) is 2.37. The Bertz CT molecular complexity index is 234. The van der Waals surface area contributed by atoms with Crippen LogP contribution in [-0.2, 0) is 19.1 Å². The lowest BCUT2D eigenvalue weighted by Gasteiger charge is -2.23. The maximum atomic E-state index is 11.1. The number of rotatable bonds is 6. The Morgan fingerprint density at radius 1 is 1.33 bits per heavy atom. The van der Waals surface area contributed by atoms with Crippen LogP contribution < -0.4 is 0 Å². The van der Waals surface area contributed by atoms with Crippen molar-refractivity contribution >= 4 is 11.9 Å². The van der Waals surface area contributed by atoms with E-state index in [1.54, 1.807) is 7.11 Å². The van der Waals surface area contributed by atoms with Gasteiger partial charge < -0.3 is 14.6 Å². The number of aliphatic carboxylic acids is 1. The van der Waals surface area contributed by atoms with Crippen LogP contribution in [0.1, 0.15) is 26.7 Å². The first-order valence-corrected chi connectivity index (χ1v) is 4.70. The van der Waals surface area contributed by atoms with Crippen molar-refractivity contribution in [2.45, 2.75) is 32.3 Å². The first-order valence-electron chi connectivity index (χ1n) is 4.70. The van der Waals surface area contributed by atoms with Crippen LogP contribution in [0.15, 0.2) is 0 Å². The van der Waals surface area contributed by atoms with E-state index in [9.17, 15) is 9.59 Å². The Balaban J connectivity index is 4.32. The van der Waals surface area contributed by atoms with Gasteiger partial charge in [0.2, 0.25) is 0 Å². The predicted octanol–water partition coefficient (Wildman–Crippen LogP) is 1.07. The average molecular weight is 218 g/mol. The summed E-state index contributed by atoms with van der Waals surface area (Å²) in [5.74, 6) is -2.98. The Kier molecular flexibility index (Phi) is 5.28. The van der Waals surface area contributed by atoms with E-state index in [0.29, 0.717) is 6.42 Å². The Morgan fingerprint density at radius 3 is 2.20 bits per heavy atom. The number of carbonyl (C=O) groups excluding carboxylic acids is 1. The van der Waals surface area contributed by atoms with Crippen molar-refractivity contribution in [3.8, 4) is 0 Å². The molecule has 1 N–H and O–H groups in total. The maximum Gasteiger partial charge on any atom is 0.320 e. The standard InChI is InChI=1S/C10H18O5/c1-10(2,15-4)6-5-7(8(11)12)9(13)14-3/h7H,5-6H2,1-4H3,(H,11,12). The van der Waals surface area contributed by atoms with Crippen LogP contribution in [-0.4, -0.2) is 36.9 Å². The third-order valence-corrected chi connectivity index (χ3v) is 2.37. The Labute approximate surface area is 89.4 Å². The highest BCUT2D eigenvalue weighted by molar-refractivity contribution is 5.93. The second-order valence-electron chi connectivity index (χ2n) is 3.92. The highest BCUT2D eigenvalue weighted by Crippen LogP contribution is 2.20. The molecule has 0 saturated heterocycles. The van der Waals surface area contributed by atoms with Crippen LogP contribution in [0.5, 0.6) is 0 Å². The quantitative estimate of drug-likeness (QED) is 0.533. The largest absolute Gasteiger partial charge is 0.481 e. The van der Waals surface area contributed by atoms with Crippen molar-refractivity contribution in [3.63, 3.8) is 0 Å². The monoisotopic (exact) mass is 218 g/mol. The van der Waals surface area contributed by atoms with Gasteiger partial charge in [-0.2, -0.15) is 0 Å². The van der Waals surface area contributed by atoms with Gasteiger partial charge in [-0.3, -0.25) is 9.59 Å². The van der Waals surface area contributed by atoms with Gasteiger partial charge in [0.15, 0.2) is 5.92 Å². The molecule has 0 aromatic carbocycles. The molecule has 0 bridgehead atoms. The smallest absolute Gasteiger partial charge is 0.320 e. The van der Waals surface area contributed by atoms with Gasteiger partial charge in [0.05, 0.1) is 12.7 Å². The van der Waals surface area contributed by atoms with Gasteiger partial charge in [-0.15, -0.1) is 0 Å². The number of methoxy groups -OCH3 is 2. The van der Waals surface area contributed by atoms with Crippen LogP contribution in [0.2, 0.25) is 0 Å². The second kappa shape index (κ2) is 5.70. The summed E-state index contributed by atoms with van der Waals surface area (Å²) in [6, 6.07) is 0. The molecule has 0 amide bonds. The molecular weight excluding hydrogens is 200 g/mol. The zero-order valence-corrected chi connectivity index (χ0v) is 9.57. The van der Waals surface area contributed by atoms with Crippen LogP contribution in [0.3, 0.4) is 0 Å². The summed E-state index contributed by atoms with van der Waals surface area (Å²) in [5.41, 5.74) is -0.429. The molecule has 0 spiro atoms. The lowest BCUT2D eigenvalue weighted by molar-refractivity contribution is -0.157. The number of hydrogen-bond acceptors (Lipinski definition) is 4. The third kappa shape index (κ3) is 4.78. The first-order chi connectivity index (χ1) is 6.84. The number of esters is 1. The van der Waals surface area contributed by atoms with Gasteiger partial charge in [0.1, 0.15) is 0 Å². The zero-order chi connectivity index (χ0) is 12.1. The molecule has 0 rings (SSSR count). The van der Waals surface area contributed by atoms with E-state index in [-0.39, 0.29) is 6.42 Å². The number of carboxylic acid groups (broad SMARTS) is 1. The Morgan fingerprint density at radius 2 is 1.87 bits per heavy atom. The van der Waals surface area contributed by atoms with E-state index < -0.39 is 23.5 Å². The highest BCUT2D eigenvalue weighted by Gasteiger charge is 2.29. The maximum absolute atomic E-state index is 11.1. The fourth-order valence-corrected chi connectivity index (χ4v) is 1.08. The predicted molar refractivity (Wildman–Crippen MR) is 53.5 cm³/mol. The summed E-state index contributed by atoms with van der Waals surface area (Å²) < 4.78 is 9.55. The van der Waals surface area contributed by atoms with Crippen molar-refractivity contribution in [1.29, 1.82) is 0 Å². The van der Waals surface area contributed by atoms with Gasteiger partial charge in [-0.05, 0) is 26.7 Å². The SMILES string of the molecule is COC(=O)C(CCC(C)(C)OC)C(=O)O. The van der Waals surface area contributed by atoms with Gasteiger partial charge in [-0.25, -0.2) is 0 Å². The van der Waals surface area contributed by atoms with E-state index in [4.69, 9.17) is 9.84 Å². The molecule has 0 radical (unpaired) electrons. The van der Waals surface area contributed by atoms with Crippen LogP contribution in [0, 0.1) is 5.92 Å². The molecule has 0 fully saturated rings. The van der Waals surface area contributed by atoms with E-state index in [1.807, 2.05) is 13.8 Å². The summed E-state index contributed by atoms with van der Waals surface area (Å²) in [5, 5.41) is 8.80. The van der Waals surface area contributed by atoms with Crippen molar-refractivity contribution in [2.75, 3.05) is 14.2 Å². The molecule has 15 heavy (non-hydrogen) atoms. The van der Waals surface area contributed by atoms with Crippen molar-refractivity contribution in [3.05, 3.63) is 0 Å². The molecule has 5 heteroatoms. The topological polar surface area (TPSA) is 72.8 Å². The minimum absolute atomic E-state index is 0.211. The first kappa shape index (κ1) is 13.9. The van der Waals surface area contributed by atoms with Gasteiger partial charge in [0.25, 0.3) is 0 Å². The molecule has 5 nitrogen and oxygen atoms in total. The molecule has 88 valence electrons. The van der Waals surface area contributed by atoms with Crippen LogP contribution >= 0.6 is 0 Å². The fraction of sp³-hybridized carbons (Fsp3) is 0.800. The molecule has 0 aliphatic heterocycles. The van der Waals surface area contributed by atoms with Gasteiger partial charge in [0, 0.05) is 7.11 Å². The molecular formula is C10H18O5. The summed E-state index contributed by atoms with van der Waals surface area (Å²) in [7, 11) is 2.73. The number of hydrogen-bond donors (Lipinski definition) is 1. The van der Waals surface area contributed by atoms with Gasteiger partial charge >= 0.3 is 11.9 Å². The van der Waals surface area contributed by atoms with Crippen LogP contribution in [0.25, 0.3) is 0 Å².